The Bertz CT molecular complexity index is 410. The number of hydrogen-bond acceptors (Lipinski definition) is 2. The largest absolute Gasteiger partial charge is 0.418 e. The highest BCUT2D eigenvalue weighted by atomic mass is 19.4. The van der Waals surface area contributed by atoms with Crippen molar-refractivity contribution in [2.45, 2.75) is 45.8 Å². The smallest absolute Gasteiger partial charge is 0.397 e. The lowest BCUT2D eigenvalue weighted by molar-refractivity contribution is -0.136. The SMILES string of the molecule is CC.CC1CC(Nc2c(N)cccc2C(F)(F)F)C1. The molecule has 2 rings (SSSR count). The summed E-state index contributed by atoms with van der Waals surface area (Å²) in [6, 6.07) is 3.98. The summed E-state index contributed by atoms with van der Waals surface area (Å²) in [5.41, 5.74) is 5.11. The summed E-state index contributed by atoms with van der Waals surface area (Å²) in [5.74, 6) is 0.576. The summed E-state index contributed by atoms with van der Waals surface area (Å²) in [6.07, 6.45) is -2.58. The summed E-state index contributed by atoms with van der Waals surface area (Å²) in [6.45, 7) is 6.08. The fourth-order valence-corrected chi connectivity index (χ4v) is 2.19. The lowest BCUT2D eigenvalue weighted by atomic mass is 9.81. The van der Waals surface area contributed by atoms with Crippen LogP contribution in [0.2, 0.25) is 0 Å². The Hall–Kier alpha value is -1.39. The number of anilines is 2. The first-order valence-electron chi connectivity index (χ1n) is 6.60. The molecular formula is C14H21F3N2. The van der Waals surface area contributed by atoms with Crippen LogP contribution in [0, 0.1) is 5.92 Å². The van der Waals surface area contributed by atoms with Gasteiger partial charge in [-0.15, -0.1) is 0 Å². The van der Waals surface area contributed by atoms with E-state index in [1.54, 1.807) is 0 Å². The van der Waals surface area contributed by atoms with Crippen LogP contribution in [-0.2, 0) is 6.18 Å². The molecule has 0 bridgehead atoms. The van der Waals surface area contributed by atoms with Gasteiger partial charge in [-0.2, -0.15) is 13.2 Å². The van der Waals surface area contributed by atoms with E-state index in [1.165, 1.54) is 12.1 Å². The second-order valence-electron chi connectivity index (χ2n) is 4.69. The molecule has 0 saturated heterocycles. The van der Waals surface area contributed by atoms with E-state index < -0.39 is 11.7 Å². The van der Waals surface area contributed by atoms with E-state index in [9.17, 15) is 13.2 Å². The third-order valence-electron chi connectivity index (χ3n) is 3.12. The first kappa shape index (κ1) is 15.7. The maximum atomic E-state index is 12.8. The van der Waals surface area contributed by atoms with Gasteiger partial charge in [0.15, 0.2) is 0 Å². The third kappa shape index (κ3) is 3.78. The predicted molar refractivity (Wildman–Crippen MR) is 73.0 cm³/mol. The number of nitrogens with two attached hydrogens (primary N) is 1. The third-order valence-corrected chi connectivity index (χ3v) is 3.12. The van der Waals surface area contributed by atoms with Crippen LogP contribution in [-0.4, -0.2) is 6.04 Å². The molecule has 1 aromatic carbocycles. The quantitative estimate of drug-likeness (QED) is 0.778. The Kier molecular flexibility index (Phi) is 5.09. The lowest BCUT2D eigenvalue weighted by Gasteiger charge is -2.35. The highest BCUT2D eigenvalue weighted by Gasteiger charge is 2.35. The number of nitrogens with one attached hydrogen (secondary N) is 1. The molecule has 0 amide bonds. The summed E-state index contributed by atoms with van der Waals surface area (Å²) in [4.78, 5) is 0. The van der Waals surface area contributed by atoms with Crippen molar-refractivity contribution in [2.75, 3.05) is 11.1 Å². The second-order valence-corrected chi connectivity index (χ2v) is 4.69. The van der Waals surface area contributed by atoms with Crippen molar-refractivity contribution in [2.24, 2.45) is 5.92 Å². The molecule has 5 heteroatoms. The average Bonchev–Trinajstić information content (AvgIpc) is 2.30. The van der Waals surface area contributed by atoms with Gasteiger partial charge >= 0.3 is 6.18 Å². The Morgan fingerprint density at radius 2 is 1.79 bits per heavy atom. The highest BCUT2D eigenvalue weighted by molar-refractivity contribution is 5.71. The fourth-order valence-electron chi connectivity index (χ4n) is 2.19. The topological polar surface area (TPSA) is 38.0 Å². The zero-order valence-corrected chi connectivity index (χ0v) is 11.5. The highest BCUT2D eigenvalue weighted by Crippen LogP contribution is 2.40. The Morgan fingerprint density at radius 3 is 2.26 bits per heavy atom. The summed E-state index contributed by atoms with van der Waals surface area (Å²) < 4.78 is 38.3. The molecule has 0 heterocycles. The van der Waals surface area contributed by atoms with Crippen LogP contribution in [0.5, 0.6) is 0 Å². The predicted octanol–water partition coefficient (Wildman–Crippen LogP) is 4.52. The fraction of sp³-hybridized carbons (Fsp3) is 0.571. The maximum Gasteiger partial charge on any atom is 0.418 e. The monoisotopic (exact) mass is 274 g/mol. The van der Waals surface area contributed by atoms with Crippen molar-refractivity contribution in [1.82, 2.24) is 0 Å². The molecule has 108 valence electrons. The van der Waals surface area contributed by atoms with Crippen molar-refractivity contribution in [1.29, 1.82) is 0 Å². The molecule has 1 saturated carbocycles. The van der Waals surface area contributed by atoms with Gasteiger partial charge < -0.3 is 11.1 Å². The molecule has 3 N–H and O–H groups in total. The minimum absolute atomic E-state index is 0.0249. The Morgan fingerprint density at radius 1 is 1.21 bits per heavy atom. The van der Waals surface area contributed by atoms with Crippen LogP contribution < -0.4 is 11.1 Å². The molecule has 0 spiro atoms. The Labute approximate surface area is 112 Å². The first-order chi connectivity index (χ1) is 8.88. The molecule has 0 atom stereocenters. The standard InChI is InChI=1S/C12H15F3N2.C2H6/c1-7-5-8(6-7)17-11-9(12(13,14)15)3-2-4-10(11)16;1-2/h2-4,7-8,17H,5-6,16H2,1H3;1-2H3. The van der Waals surface area contributed by atoms with Gasteiger partial charge in [0.1, 0.15) is 0 Å². The van der Waals surface area contributed by atoms with Gasteiger partial charge in [-0.25, -0.2) is 0 Å². The Balaban J connectivity index is 0.000000861. The number of para-hydroxylation sites is 1. The zero-order chi connectivity index (χ0) is 14.6. The van der Waals surface area contributed by atoms with Crippen molar-refractivity contribution in [3.8, 4) is 0 Å². The molecule has 1 fully saturated rings. The summed E-state index contributed by atoms with van der Waals surface area (Å²) >= 11 is 0. The van der Waals surface area contributed by atoms with Gasteiger partial charge in [0, 0.05) is 6.04 Å². The number of hydrogen-bond donors (Lipinski definition) is 2. The molecular weight excluding hydrogens is 253 g/mol. The lowest BCUT2D eigenvalue weighted by Crippen LogP contribution is -2.34. The van der Waals surface area contributed by atoms with Gasteiger partial charge in [0.2, 0.25) is 0 Å². The molecule has 0 radical (unpaired) electrons. The van der Waals surface area contributed by atoms with E-state index in [1.807, 2.05) is 13.8 Å². The molecule has 1 aromatic rings. The number of nitrogen functional groups attached to an aromatic ring is 1. The van der Waals surface area contributed by atoms with Crippen molar-refractivity contribution in [3.63, 3.8) is 0 Å². The number of benzene rings is 1. The molecule has 2 nitrogen and oxygen atoms in total. The zero-order valence-electron chi connectivity index (χ0n) is 11.5. The molecule has 0 aliphatic heterocycles. The van der Waals surface area contributed by atoms with Crippen molar-refractivity contribution >= 4 is 11.4 Å². The minimum atomic E-state index is -4.37. The molecule has 0 unspecified atom stereocenters. The van der Waals surface area contributed by atoms with Crippen LogP contribution in [0.25, 0.3) is 0 Å². The summed E-state index contributed by atoms with van der Waals surface area (Å²) in [5, 5.41) is 2.91. The van der Waals surface area contributed by atoms with Crippen molar-refractivity contribution < 1.29 is 13.2 Å². The second kappa shape index (κ2) is 6.17. The van der Waals surface area contributed by atoms with E-state index >= 15 is 0 Å². The van der Waals surface area contributed by atoms with Crippen molar-refractivity contribution in [3.05, 3.63) is 23.8 Å². The van der Waals surface area contributed by atoms with E-state index in [-0.39, 0.29) is 17.4 Å². The number of rotatable bonds is 2. The molecule has 19 heavy (non-hydrogen) atoms. The molecule has 1 aliphatic carbocycles. The van der Waals surface area contributed by atoms with Gasteiger partial charge in [-0.3, -0.25) is 0 Å². The van der Waals surface area contributed by atoms with Crippen LogP contribution in [0.4, 0.5) is 24.5 Å². The van der Waals surface area contributed by atoms with Crippen LogP contribution in [0.1, 0.15) is 39.2 Å². The minimum Gasteiger partial charge on any atom is -0.397 e. The van der Waals surface area contributed by atoms with Gasteiger partial charge in [-0.1, -0.05) is 26.8 Å². The van der Waals surface area contributed by atoms with Gasteiger partial charge in [0.25, 0.3) is 0 Å². The van der Waals surface area contributed by atoms with Crippen LogP contribution >= 0.6 is 0 Å². The molecule has 1 aliphatic rings. The average molecular weight is 274 g/mol. The maximum absolute atomic E-state index is 12.8. The molecule has 0 aromatic heterocycles. The summed E-state index contributed by atoms with van der Waals surface area (Å²) in [7, 11) is 0. The number of alkyl halides is 3. The van der Waals surface area contributed by atoms with E-state index in [0.29, 0.717) is 5.92 Å². The first-order valence-corrected chi connectivity index (χ1v) is 6.60. The van der Waals surface area contributed by atoms with Gasteiger partial charge in [0.05, 0.1) is 16.9 Å². The van der Waals surface area contributed by atoms with Crippen LogP contribution in [0.15, 0.2) is 18.2 Å². The van der Waals surface area contributed by atoms with Gasteiger partial charge in [-0.05, 0) is 30.9 Å². The van der Waals surface area contributed by atoms with Crippen LogP contribution in [0.3, 0.4) is 0 Å². The normalized spacial score (nSPS) is 22.0. The van der Waals surface area contributed by atoms with E-state index in [0.717, 1.165) is 18.9 Å². The van der Waals surface area contributed by atoms with E-state index in [2.05, 4.69) is 12.2 Å². The van der Waals surface area contributed by atoms with E-state index in [4.69, 9.17) is 5.73 Å². The number of halogens is 3.